The number of nitrogens with one attached hydrogen (secondary N) is 2. The lowest BCUT2D eigenvalue weighted by atomic mass is 10.1. The molecule has 164 valence electrons. The van der Waals surface area contributed by atoms with Gasteiger partial charge in [0.15, 0.2) is 5.65 Å². The monoisotopic (exact) mass is 427 g/mol. The van der Waals surface area contributed by atoms with Crippen LogP contribution in [0.1, 0.15) is 41.7 Å². The van der Waals surface area contributed by atoms with E-state index in [1.165, 1.54) is 6.92 Å². The summed E-state index contributed by atoms with van der Waals surface area (Å²) in [5.74, 6) is 0.678. The second kappa shape index (κ2) is 8.46. The number of hydrogen-bond acceptors (Lipinski definition) is 7. The number of anilines is 1. The summed E-state index contributed by atoms with van der Waals surface area (Å²) >= 11 is 0. The highest BCUT2D eigenvalue weighted by molar-refractivity contribution is 5.98. The van der Waals surface area contributed by atoms with Crippen LogP contribution in [-0.4, -0.2) is 58.4 Å². The molecule has 1 amide bonds. The quantitative estimate of drug-likeness (QED) is 0.479. The van der Waals surface area contributed by atoms with Gasteiger partial charge in [0.1, 0.15) is 29.1 Å². The van der Waals surface area contributed by atoms with Crippen molar-refractivity contribution in [1.29, 1.82) is 0 Å². The van der Waals surface area contributed by atoms with E-state index in [-0.39, 0.29) is 11.4 Å². The molecule has 4 N–H and O–H groups in total. The largest absolute Gasteiger partial charge is 0.495 e. The fraction of sp³-hybridized carbons (Fsp3) is 0.429. The van der Waals surface area contributed by atoms with E-state index in [0.29, 0.717) is 29.5 Å². The highest BCUT2D eigenvalue weighted by Gasteiger charge is 2.30. The Labute approximate surface area is 179 Å². The van der Waals surface area contributed by atoms with Crippen LogP contribution >= 0.6 is 0 Å². The molecule has 10 heteroatoms. The normalized spacial score (nSPS) is 15.6. The molecule has 3 aromatic rings. The average molecular weight is 427 g/mol. The second-order valence-electron chi connectivity index (χ2n) is 7.73. The molecule has 0 radical (unpaired) electrons. The summed E-state index contributed by atoms with van der Waals surface area (Å²) in [6, 6.07) is 4.53. The van der Waals surface area contributed by atoms with Gasteiger partial charge in [0, 0.05) is 18.5 Å². The number of alkyl halides is 1. The first kappa shape index (κ1) is 21.0. The summed E-state index contributed by atoms with van der Waals surface area (Å²) in [5.41, 5.74) is 8.41. The molecule has 1 saturated carbocycles. The van der Waals surface area contributed by atoms with E-state index in [9.17, 15) is 9.18 Å². The molecule has 3 heterocycles. The molecular weight excluding hydrogens is 401 g/mol. The molecular formula is C21H26FN7O2. The van der Waals surface area contributed by atoms with Gasteiger partial charge in [0.05, 0.1) is 30.6 Å². The molecule has 0 bridgehead atoms. The summed E-state index contributed by atoms with van der Waals surface area (Å²) in [7, 11) is 3.35. The first-order valence-corrected chi connectivity index (χ1v) is 10.2. The maximum atomic E-state index is 14.1. The Morgan fingerprint density at radius 2 is 2.19 bits per heavy atom. The zero-order valence-electron chi connectivity index (χ0n) is 17.7. The van der Waals surface area contributed by atoms with E-state index in [0.717, 1.165) is 24.3 Å². The first-order valence-electron chi connectivity index (χ1n) is 10.2. The van der Waals surface area contributed by atoms with E-state index in [1.54, 1.807) is 37.0 Å². The van der Waals surface area contributed by atoms with Crippen molar-refractivity contribution in [3.05, 3.63) is 35.7 Å². The standard InChI is InChI=1S/C21H26FN7O2/c1-11(22)15(9-24-2)27-21-13(20(23)30)6-7-14(26-21)16-10-25-18-8-17(31-3)19(12-4-5-12)28-29(16)18/h6-8,10-12,15,24H,4-5,9H2,1-3H3,(H2,23,30)(H,26,27). The summed E-state index contributed by atoms with van der Waals surface area (Å²) in [6.07, 6.45) is 2.64. The number of ether oxygens (including phenoxy) is 1. The Balaban J connectivity index is 1.78. The minimum absolute atomic E-state index is 0.188. The van der Waals surface area contributed by atoms with Crippen molar-refractivity contribution >= 4 is 17.4 Å². The third kappa shape index (κ3) is 4.15. The van der Waals surface area contributed by atoms with Crippen LogP contribution < -0.4 is 21.1 Å². The molecule has 4 rings (SSSR count). The Morgan fingerprint density at radius 1 is 1.42 bits per heavy atom. The Bertz CT molecular complexity index is 1110. The number of carbonyl (C=O) groups is 1. The third-order valence-corrected chi connectivity index (χ3v) is 5.39. The lowest BCUT2D eigenvalue weighted by Crippen LogP contribution is -2.38. The lowest BCUT2D eigenvalue weighted by molar-refractivity contribution is 0.100. The molecule has 0 saturated heterocycles. The van der Waals surface area contributed by atoms with Crippen molar-refractivity contribution < 1.29 is 13.9 Å². The van der Waals surface area contributed by atoms with Crippen LogP contribution in [0.15, 0.2) is 24.4 Å². The summed E-state index contributed by atoms with van der Waals surface area (Å²) in [6.45, 7) is 1.80. The van der Waals surface area contributed by atoms with E-state index in [2.05, 4.69) is 20.6 Å². The minimum Gasteiger partial charge on any atom is -0.495 e. The topological polar surface area (TPSA) is 119 Å². The van der Waals surface area contributed by atoms with Gasteiger partial charge in [-0.3, -0.25) is 4.79 Å². The molecule has 0 aromatic carbocycles. The number of imidazole rings is 1. The molecule has 9 nitrogen and oxygen atoms in total. The maximum Gasteiger partial charge on any atom is 0.252 e. The maximum absolute atomic E-state index is 14.1. The minimum atomic E-state index is -1.18. The van der Waals surface area contributed by atoms with E-state index < -0.39 is 18.1 Å². The zero-order chi connectivity index (χ0) is 22.1. The van der Waals surface area contributed by atoms with Gasteiger partial charge in [0.25, 0.3) is 5.91 Å². The number of aromatic nitrogens is 4. The molecule has 1 aliphatic rings. The van der Waals surface area contributed by atoms with Gasteiger partial charge in [-0.2, -0.15) is 5.10 Å². The molecule has 1 aliphatic carbocycles. The molecule has 0 spiro atoms. The first-order chi connectivity index (χ1) is 14.9. The van der Waals surface area contributed by atoms with Crippen molar-refractivity contribution in [2.24, 2.45) is 5.73 Å². The average Bonchev–Trinajstić information content (AvgIpc) is 3.51. The molecule has 2 unspecified atom stereocenters. The Kier molecular flexibility index (Phi) is 5.73. The van der Waals surface area contributed by atoms with Crippen LogP contribution in [0.2, 0.25) is 0 Å². The van der Waals surface area contributed by atoms with Gasteiger partial charge >= 0.3 is 0 Å². The third-order valence-electron chi connectivity index (χ3n) is 5.39. The highest BCUT2D eigenvalue weighted by atomic mass is 19.1. The molecule has 1 fully saturated rings. The number of methoxy groups -OCH3 is 1. The number of amides is 1. The van der Waals surface area contributed by atoms with Crippen LogP contribution in [0.3, 0.4) is 0 Å². The van der Waals surface area contributed by atoms with Crippen molar-refractivity contribution in [2.75, 3.05) is 26.0 Å². The van der Waals surface area contributed by atoms with Crippen molar-refractivity contribution in [3.63, 3.8) is 0 Å². The van der Waals surface area contributed by atoms with E-state index in [4.69, 9.17) is 15.6 Å². The molecule has 31 heavy (non-hydrogen) atoms. The zero-order valence-corrected chi connectivity index (χ0v) is 17.7. The summed E-state index contributed by atoms with van der Waals surface area (Å²) in [4.78, 5) is 20.9. The molecule has 0 aliphatic heterocycles. The van der Waals surface area contributed by atoms with Gasteiger partial charge in [0.2, 0.25) is 0 Å². The summed E-state index contributed by atoms with van der Waals surface area (Å²) < 4.78 is 21.3. The highest BCUT2D eigenvalue weighted by Crippen LogP contribution is 2.43. The van der Waals surface area contributed by atoms with E-state index in [1.807, 2.05) is 6.07 Å². The van der Waals surface area contributed by atoms with Crippen LogP contribution in [0.4, 0.5) is 10.2 Å². The Hall–Kier alpha value is -3.27. The SMILES string of the molecule is CNCC(Nc1nc(-c2cnc3cc(OC)c(C4CC4)nn23)ccc1C(N)=O)C(C)F. The van der Waals surface area contributed by atoms with Gasteiger partial charge in [-0.1, -0.05) is 0 Å². The number of fused-ring (bicyclic) bond motifs is 1. The number of rotatable bonds is 9. The van der Waals surface area contributed by atoms with E-state index >= 15 is 0 Å². The number of carbonyl (C=O) groups excluding carboxylic acids is 1. The second-order valence-corrected chi connectivity index (χ2v) is 7.73. The number of primary amides is 1. The fourth-order valence-electron chi connectivity index (χ4n) is 3.52. The van der Waals surface area contributed by atoms with Gasteiger partial charge in [-0.25, -0.2) is 18.9 Å². The van der Waals surface area contributed by atoms with Crippen LogP contribution in [0.25, 0.3) is 17.0 Å². The molecule has 2 atom stereocenters. The van der Waals surface area contributed by atoms with Crippen molar-refractivity contribution in [1.82, 2.24) is 24.9 Å². The van der Waals surface area contributed by atoms with Gasteiger partial charge in [-0.15, -0.1) is 0 Å². The van der Waals surface area contributed by atoms with Crippen molar-refractivity contribution in [2.45, 2.75) is 37.9 Å². The number of likely N-dealkylation sites (N-methyl/N-ethyl adjacent to an activating group) is 1. The fourth-order valence-corrected chi connectivity index (χ4v) is 3.52. The molecule has 3 aromatic heterocycles. The van der Waals surface area contributed by atoms with Gasteiger partial charge in [-0.05, 0) is 38.9 Å². The Morgan fingerprint density at radius 3 is 2.81 bits per heavy atom. The number of hydrogen-bond donors (Lipinski definition) is 3. The van der Waals surface area contributed by atoms with Gasteiger partial charge < -0.3 is 21.1 Å². The number of halogens is 1. The van der Waals surface area contributed by atoms with Crippen LogP contribution in [-0.2, 0) is 0 Å². The summed E-state index contributed by atoms with van der Waals surface area (Å²) in [5, 5.41) is 10.7. The lowest BCUT2D eigenvalue weighted by Gasteiger charge is -2.21. The number of nitrogens with zero attached hydrogens (tertiary/aromatic N) is 4. The van der Waals surface area contributed by atoms with Crippen LogP contribution in [0, 0.1) is 0 Å². The van der Waals surface area contributed by atoms with Crippen molar-refractivity contribution in [3.8, 4) is 17.1 Å². The predicted molar refractivity (Wildman–Crippen MR) is 115 cm³/mol. The smallest absolute Gasteiger partial charge is 0.252 e. The number of pyridine rings is 1. The number of nitrogens with two attached hydrogens (primary N) is 1. The van der Waals surface area contributed by atoms with Crippen LogP contribution in [0.5, 0.6) is 5.75 Å². The predicted octanol–water partition coefficient (Wildman–Crippen LogP) is 2.13.